The maximum atomic E-state index is 12.3. The molecule has 0 bridgehead atoms. The maximum absolute atomic E-state index is 12.3. The van der Waals surface area contributed by atoms with Crippen LogP contribution in [0.5, 0.6) is 0 Å². The number of amidine groups is 1. The molecule has 0 saturated carbocycles. The molecule has 1 amide bonds. The highest BCUT2D eigenvalue weighted by atomic mass is 32.2. The van der Waals surface area contributed by atoms with Crippen molar-refractivity contribution in [3.05, 3.63) is 82.0 Å². The molecule has 2 heterocycles. The smallest absolute Gasteiger partial charge is 0.263 e. The van der Waals surface area contributed by atoms with Gasteiger partial charge in [-0.1, -0.05) is 42.5 Å². The van der Waals surface area contributed by atoms with Crippen LogP contribution in [0.3, 0.4) is 0 Å². The van der Waals surface area contributed by atoms with E-state index in [0.29, 0.717) is 24.4 Å². The van der Waals surface area contributed by atoms with Gasteiger partial charge in [0.05, 0.1) is 9.77 Å². The summed E-state index contributed by atoms with van der Waals surface area (Å²) in [5.41, 5.74) is 2.19. The second-order valence-electron chi connectivity index (χ2n) is 7.50. The Bertz CT molecular complexity index is 1330. The minimum absolute atomic E-state index is 0.0397. The summed E-state index contributed by atoms with van der Waals surface area (Å²) < 4.78 is 26.7. The average molecular weight is 478 g/mol. The third kappa shape index (κ3) is 6.09. The lowest BCUT2D eigenvalue weighted by Crippen LogP contribution is -2.22. The van der Waals surface area contributed by atoms with E-state index in [4.69, 9.17) is 0 Å². The molecule has 2 aromatic carbocycles. The highest BCUT2D eigenvalue weighted by Crippen LogP contribution is 2.22. The van der Waals surface area contributed by atoms with Gasteiger partial charge in [-0.2, -0.15) is 0 Å². The topological polar surface area (TPSA) is 87.6 Å². The third-order valence-electron chi connectivity index (χ3n) is 4.99. The van der Waals surface area contributed by atoms with E-state index in [1.165, 1.54) is 0 Å². The minimum atomic E-state index is -3.50. The van der Waals surface area contributed by atoms with Crippen molar-refractivity contribution in [2.24, 2.45) is 4.99 Å². The van der Waals surface area contributed by atoms with E-state index in [9.17, 15) is 13.2 Å². The molecule has 3 aromatic rings. The number of carbonyl (C=O) groups excluding carboxylic acids is 1. The standard InChI is InChI=1S/C25H23N3O3S2/c29-24(27-20-9-6-8-19(18-20)14-15-21-10-7-17-32-21)13-2-1-5-16-26-25-22-11-3-4-12-23(22)33(30,31)28-25/h3-4,6-12,17-18H,1-2,5,13,16H2,(H,26,28)(H,27,29). The second kappa shape index (κ2) is 10.5. The molecule has 0 unspecified atom stereocenters. The fraction of sp³-hybridized carbons (Fsp3) is 0.200. The van der Waals surface area contributed by atoms with E-state index in [0.717, 1.165) is 35.4 Å². The zero-order valence-corrected chi connectivity index (χ0v) is 19.5. The summed E-state index contributed by atoms with van der Waals surface area (Å²) in [7, 11) is -3.50. The summed E-state index contributed by atoms with van der Waals surface area (Å²) in [5.74, 6) is 6.58. The number of hydrogen-bond acceptors (Lipinski definition) is 5. The van der Waals surface area contributed by atoms with Crippen LogP contribution >= 0.6 is 11.3 Å². The highest BCUT2D eigenvalue weighted by molar-refractivity contribution is 7.90. The molecule has 0 aliphatic carbocycles. The quantitative estimate of drug-likeness (QED) is 0.391. The number of benzene rings is 2. The number of rotatable bonds is 7. The van der Waals surface area contributed by atoms with Crippen LogP contribution in [-0.2, 0) is 14.8 Å². The van der Waals surface area contributed by atoms with Gasteiger partial charge in [0.2, 0.25) is 5.91 Å². The Morgan fingerprint density at radius 3 is 2.73 bits per heavy atom. The third-order valence-corrected chi connectivity index (χ3v) is 7.17. The van der Waals surface area contributed by atoms with Crippen molar-refractivity contribution >= 4 is 38.8 Å². The first-order valence-corrected chi connectivity index (χ1v) is 13.0. The van der Waals surface area contributed by atoms with E-state index in [-0.39, 0.29) is 10.8 Å². The fourth-order valence-electron chi connectivity index (χ4n) is 3.40. The molecule has 0 saturated heterocycles. The molecule has 1 aliphatic rings. The highest BCUT2D eigenvalue weighted by Gasteiger charge is 2.29. The van der Waals surface area contributed by atoms with E-state index in [1.807, 2.05) is 41.8 Å². The van der Waals surface area contributed by atoms with Crippen molar-refractivity contribution in [2.45, 2.75) is 30.6 Å². The molecule has 4 rings (SSSR count). The molecule has 6 nitrogen and oxygen atoms in total. The van der Waals surface area contributed by atoms with E-state index >= 15 is 0 Å². The molecule has 1 aromatic heterocycles. The lowest BCUT2D eigenvalue weighted by Gasteiger charge is -2.05. The Kier molecular flexibility index (Phi) is 7.23. The molecular weight excluding hydrogens is 454 g/mol. The van der Waals surface area contributed by atoms with Crippen molar-refractivity contribution in [1.29, 1.82) is 0 Å². The van der Waals surface area contributed by atoms with E-state index in [1.54, 1.807) is 35.6 Å². The Balaban J connectivity index is 1.20. The fourth-order valence-corrected chi connectivity index (χ4v) is 5.22. The number of nitrogens with zero attached hydrogens (tertiary/aromatic N) is 1. The Hall–Kier alpha value is -3.41. The lowest BCUT2D eigenvalue weighted by molar-refractivity contribution is -0.116. The number of anilines is 1. The molecule has 8 heteroatoms. The zero-order valence-electron chi connectivity index (χ0n) is 17.9. The predicted octanol–water partition coefficient (Wildman–Crippen LogP) is 4.39. The van der Waals surface area contributed by atoms with Gasteiger partial charge in [-0.25, -0.2) is 8.42 Å². The number of aliphatic imine (C=N–C) groups is 1. The number of sulfonamides is 1. The van der Waals surface area contributed by atoms with E-state index < -0.39 is 10.0 Å². The van der Waals surface area contributed by atoms with Crippen LogP contribution < -0.4 is 10.0 Å². The number of carbonyl (C=O) groups is 1. The van der Waals surface area contributed by atoms with Crippen LogP contribution in [0, 0.1) is 11.8 Å². The van der Waals surface area contributed by atoms with Crippen molar-refractivity contribution < 1.29 is 13.2 Å². The van der Waals surface area contributed by atoms with Crippen LogP contribution in [0.25, 0.3) is 0 Å². The monoisotopic (exact) mass is 477 g/mol. The van der Waals surface area contributed by atoms with Gasteiger partial charge in [-0.15, -0.1) is 11.3 Å². The van der Waals surface area contributed by atoms with Crippen LogP contribution in [0.15, 0.2) is 75.9 Å². The lowest BCUT2D eigenvalue weighted by atomic mass is 10.1. The molecule has 2 N–H and O–H groups in total. The maximum Gasteiger partial charge on any atom is 0.263 e. The predicted molar refractivity (Wildman–Crippen MR) is 132 cm³/mol. The van der Waals surface area contributed by atoms with Gasteiger partial charge in [-0.05, 0) is 54.6 Å². The summed E-state index contributed by atoms with van der Waals surface area (Å²) in [6.07, 6.45) is 2.74. The summed E-state index contributed by atoms with van der Waals surface area (Å²) in [5, 5.41) is 4.91. The van der Waals surface area contributed by atoms with Gasteiger partial charge in [0, 0.05) is 29.8 Å². The van der Waals surface area contributed by atoms with Gasteiger partial charge in [0.15, 0.2) is 0 Å². The number of amides is 1. The summed E-state index contributed by atoms with van der Waals surface area (Å²) in [6.45, 7) is 0.499. The second-order valence-corrected chi connectivity index (χ2v) is 10.1. The van der Waals surface area contributed by atoms with Crippen LogP contribution in [0.4, 0.5) is 5.69 Å². The van der Waals surface area contributed by atoms with Crippen molar-refractivity contribution in [3.63, 3.8) is 0 Å². The molecule has 168 valence electrons. The SMILES string of the molecule is O=C(CCCCCN=C1NS(=O)(=O)c2ccccc21)Nc1cccc(C#Cc2cccs2)c1. The summed E-state index contributed by atoms with van der Waals surface area (Å²) in [4.78, 5) is 17.9. The largest absolute Gasteiger partial charge is 0.326 e. The van der Waals surface area contributed by atoms with Crippen LogP contribution in [0.1, 0.15) is 41.7 Å². The zero-order chi connectivity index (χ0) is 23.1. The number of thiophene rings is 1. The molecule has 0 radical (unpaired) electrons. The summed E-state index contributed by atoms with van der Waals surface area (Å²) in [6, 6.07) is 18.3. The normalized spacial score (nSPS) is 14.7. The van der Waals surface area contributed by atoms with Gasteiger partial charge >= 0.3 is 0 Å². The molecular formula is C25H23N3O3S2. The number of nitrogens with one attached hydrogen (secondary N) is 2. The Morgan fingerprint density at radius 1 is 1.00 bits per heavy atom. The van der Waals surface area contributed by atoms with Crippen molar-refractivity contribution in [2.75, 3.05) is 11.9 Å². The first-order chi connectivity index (χ1) is 16.0. The van der Waals surface area contributed by atoms with Crippen molar-refractivity contribution in [1.82, 2.24) is 4.72 Å². The van der Waals surface area contributed by atoms with E-state index in [2.05, 4.69) is 26.9 Å². The van der Waals surface area contributed by atoms with Crippen LogP contribution in [0.2, 0.25) is 0 Å². The first-order valence-electron chi connectivity index (χ1n) is 10.6. The Morgan fingerprint density at radius 2 is 1.88 bits per heavy atom. The van der Waals surface area contributed by atoms with Crippen LogP contribution in [-0.4, -0.2) is 26.7 Å². The van der Waals surface area contributed by atoms with Crippen molar-refractivity contribution in [3.8, 4) is 11.8 Å². The summed E-state index contributed by atoms with van der Waals surface area (Å²) >= 11 is 1.59. The average Bonchev–Trinajstić information content (AvgIpc) is 3.41. The number of unbranched alkanes of at least 4 members (excludes halogenated alkanes) is 2. The van der Waals surface area contributed by atoms with Gasteiger partial charge in [0.25, 0.3) is 10.0 Å². The first kappa shape index (κ1) is 22.8. The minimum Gasteiger partial charge on any atom is -0.326 e. The van der Waals surface area contributed by atoms with Gasteiger partial charge in [-0.3, -0.25) is 14.5 Å². The molecule has 1 aliphatic heterocycles. The molecule has 33 heavy (non-hydrogen) atoms. The number of fused-ring (bicyclic) bond motifs is 1. The molecule has 0 atom stereocenters. The van der Waals surface area contributed by atoms with Gasteiger partial charge in [0.1, 0.15) is 5.84 Å². The van der Waals surface area contributed by atoms with Gasteiger partial charge < -0.3 is 5.32 Å². The Labute approximate surface area is 197 Å². The molecule has 0 spiro atoms. The molecule has 0 fully saturated rings. The number of hydrogen-bond donors (Lipinski definition) is 2.